The Labute approximate surface area is 176 Å². The Balaban J connectivity index is 2.03. The molecule has 9 heteroatoms. The van der Waals surface area contributed by atoms with Crippen molar-refractivity contribution in [1.29, 1.82) is 0 Å². The zero-order chi connectivity index (χ0) is 22.1. The van der Waals surface area contributed by atoms with E-state index in [0.717, 1.165) is 17.0 Å². The van der Waals surface area contributed by atoms with Crippen LogP contribution in [0.2, 0.25) is 0 Å². The summed E-state index contributed by atoms with van der Waals surface area (Å²) in [5.74, 6) is -1.12. The number of benzene rings is 2. The van der Waals surface area contributed by atoms with Gasteiger partial charge in [0.25, 0.3) is 11.8 Å². The number of carbonyl (C=O) groups is 2. The van der Waals surface area contributed by atoms with E-state index in [0.29, 0.717) is 11.3 Å². The van der Waals surface area contributed by atoms with Crippen LogP contribution in [-0.4, -0.2) is 23.0 Å². The molecule has 3 rings (SSSR count). The van der Waals surface area contributed by atoms with Crippen LogP contribution in [0.3, 0.4) is 0 Å². The molecule has 1 N–H and O–H groups in total. The lowest BCUT2D eigenvalue weighted by molar-refractivity contribution is -0.137. The minimum Gasteiger partial charge on any atom is -0.490 e. The van der Waals surface area contributed by atoms with Crippen molar-refractivity contribution >= 4 is 40.9 Å². The van der Waals surface area contributed by atoms with Gasteiger partial charge in [-0.05, 0) is 56.4 Å². The fourth-order valence-electron chi connectivity index (χ4n) is 2.83. The molecule has 0 bridgehead atoms. The molecule has 1 saturated heterocycles. The monoisotopic (exact) mass is 434 g/mol. The number of alkyl halides is 3. The van der Waals surface area contributed by atoms with Gasteiger partial charge in [0.1, 0.15) is 11.3 Å². The molecular weight excluding hydrogens is 417 g/mol. The quantitative estimate of drug-likeness (QED) is 0.442. The molecule has 2 amide bonds. The summed E-state index contributed by atoms with van der Waals surface area (Å²) >= 11 is 5.04. The number of halogens is 3. The van der Waals surface area contributed by atoms with E-state index in [2.05, 4.69) is 5.32 Å². The second kappa shape index (κ2) is 8.27. The van der Waals surface area contributed by atoms with Gasteiger partial charge < -0.3 is 4.74 Å². The van der Waals surface area contributed by atoms with Gasteiger partial charge in [0, 0.05) is 5.56 Å². The molecule has 0 spiro atoms. The molecule has 1 heterocycles. The van der Waals surface area contributed by atoms with Gasteiger partial charge in [-0.2, -0.15) is 13.2 Å². The standard InChI is InChI=1S/C21H17F3N2O3S/c1-12(2)29-17-9-4-3-6-13(17)10-16-18(27)25-20(30)26(19(16)28)15-8-5-7-14(11-15)21(22,23)24/h3-12H,1-2H3,(H,25,27,30)/b16-10+. The van der Waals surface area contributed by atoms with Crippen molar-refractivity contribution in [3.8, 4) is 5.75 Å². The molecule has 0 atom stereocenters. The first-order valence-electron chi connectivity index (χ1n) is 8.92. The molecule has 2 aromatic rings. The fraction of sp³-hybridized carbons (Fsp3) is 0.190. The fourth-order valence-corrected chi connectivity index (χ4v) is 3.11. The van der Waals surface area contributed by atoms with Crippen LogP contribution in [0.5, 0.6) is 5.75 Å². The lowest BCUT2D eigenvalue weighted by atomic mass is 10.1. The van der Waals surface area contributed by atoms with Crippen LogP contribution in [0.15, 0.2) is 54.1 Å². The predicted octanol–water partition coefficient (Wildman–Crippen LogP) is 4.32. The summed E-state index contributed by atoms with van der Waals surface area (Å²) in [6.07, 6.45) is -3.40. The Hall–Kier alpha value is -3.20. The van der Waals surface area contributed by atoms with Crippen molar-refractivity contribution in [1.82, 2.24) is 5.32 Å². The minimum absolute atomic E-state index is 0.0996. The van der Waals surface area contributed by atoms with Crippen molar-refractivity contribution in [3.05, 3.63) is 65.2 Å². The second-order valence-corrected chi connectivity index (χ2v) is 7.10. The minimum atomic E-state index is -4.59. The zero-order valence-electron chi connectivity index (χ0n) is 16.0. The molecule has 156 valence electrons. The van der Waals surface area contributed by atoms with Gasteiger partial charge >= 0.3 is 6.18 Å². The number of amides is 2. The van der Waals surface area contributed by atoms with E-state index in [1.165, 1.54) is 18.2 Å². The number of nitrogens with zero attached hydrogens (tertiary/aromatic N) is 1. The van der Waals surface area contributed by atoms with Gasteiger partial charge in [0.05, 0.1) is 17.4 Å². The maximum absolute atomic E-state index is 13.1. The van der Waals surface area contributed by atoms with E-state index in [4.69, 9.17) is 17.0 Å². The van der Waals surface area contributed by atoms with E-state index >= 15 is 0 Å². The van der Waals surface area contributed by atoms with Crippen LogP contribution >= 0.6 is 12.2 Å². The second-order valence-electron chi connectivity index (χ2n) is 6.71. The molecule has 0 saturated carbocycles. The predicted molar refractivity (Wildman–Crippen MR) is 110 cm³/mol. The maximum atomic E-state index is 13.1. The third-order valence-corrected chi connectivity index (χ3v) is 4.40. The summed E-state index contributed by atoms with van der Waals surface area (Å²) in [5.41, 5.74) is -0.839. The molecular formula is C21H17F3N2O3S. The third-order valence-electron chi connectivity index (χ3n) is 4.11. The summed E-state index contributed by atoms with van der Waals surface area (Å²) in [6, 6.07) is 11.0. The molecule has 0 aliphatic carbocycles. The number of hydrogen-bond acceptors (Lipinski definition) is 4. The Kier molecular flexibility index (Phi) is 5.93. The van der Waals surface area contributed by atoms with E-state index < -0.39 is 23.6 Å². The van der Waals surface area contributed by atoms with Crippen molar-refractivity contribution < 1.29 is 27.5 Å². The number of thiocarbonyl (C=S) groups is 1. The molecule has 5 nitrogen and oxygen atoms in total. The van der Waals surface area contributed by atoms with Crippen molar-refractivity contribution in [3.63, 3.8) is 0 Å². The van der Waals surface area contributed by atoms with Crippen LogP contribution in [0.4, 0.5) is 18.9 Å². The first-order valence-corrected chi connectivity index (χ1v) is 9.33. The smallest absolute Gasteiger partial charge is 0.416 e. The number of carbonyl (C=O) groups excluding carboxylic acids is 2. The molecule has 1 aliphatic rings. The van der Waals surface area contributed by atoms with Crippen LogP contribution < -0.4 is 15.0 Å². The normalized spacial score (nSPS) is 16.3. The number of anilines is 1. The Morgan fingerprint density at radius 3 is 2.47 bits per heavy atom. The van der Waals surface area contributed by atoms with Crippen molar-refractivity contribution in [2.45, 2.75) is 26.1 Å². The molecule has 0 aromatic heterocycles. The van der Waals surface area contributed by atoms with Crippen LogP contribution in [0.25, 0.3) is 6.08 Å². The topological polar surface area (TPSA) is 58.6 Å². The lowest BCUT2D eigenvalue weighted by Gasteiger charge is -2.29. The highest BCUT2D eigenvalue weighted by atomic mass is 32.1. The summed E-state index contributed by atoms with van der Waals surface area (Å²) in [7, 11) is 0. The lowest BCUT2D eigenvalue weighted by Crippen LogP contribution is -2.54. The molecule has 0 unspecified atom stereocenters. The molecule has 1 fully saturated rings. The van der Waals surface area contributed by atoms with E-state index in [1.54, 1.807) is 24.3 Å². The van der Waals surface area contributed by atoms with Gasteiger partial charge in [-0.25, -0.2) is 0 Å². The van der Waals surface area contributed by atoms with Gasteiger partial charge in [-0.15, -0.1) is 0 Å². The summed E-state index contributed by atoms with van der Waals surface area (Å²) in [4.78, 5) is 26.3. The Morgan fingerprint density at radius 2 is 1.80 bits per heavy atom. The van der Waals surface area contributed by atoms with Gasteiger partial charge in [0.2, 0.25) is 0 Å². The number of hydrogen-bond donors (Lipinski definition) is 1. The summed E-state index contributed by atoms with van der Waals surface area (Å²) in [5, 5.41) is 2.06. The number of para-hydroxylation sites is 1. The highest BCUT2D eigenvalue weighted by Gasteiger charge is 2.36. The van der Waals surface area contributed by atoms with Crippen LogP contribution in [0, 0.1) is 0 Å². The molecule has 0 radical (unpaired) electrons. The number of rotatable bonds is 4. The Morgan fingerprint density at radius 1 is 1.10 bits per heavy atom. The van der Waals surface area contributed by atoms with Crippen molar-refractivity contribution in [2.24, 2.45) is 0 Å². The molecule has 2 aromatic carbocycles. The van der Waals surface area contributed by atoms with Crippen LogP contribution in [0.1, 0.15) is 25.0 Å². The third kappa shape index (κ3) is 4.51. The first kappa shape index (κ1) is 21.5. The van der Waals surface area contributed by atoms with E-state index in [1.807, 2.05) is 13.8 Å². The molecule has 1 aliphatic heterocycles. The summed E-state index contributed by atoms with van der Waals surface area (Å²) < 4.78 is 44.9. The van der Waals surface area contributed by atoms with Crippen molar-refractivity contribution in [2.75, 3.05) is 4.90 Å². The highest BCUT2D eigenvalue weighted by Crippen LogP contribution is 2.33. The largest absolute Gasteiger partial charge is 0.490 e. The number of nitrogens with one attached hydrogen (secondary N) is 1. The van der Waals surface area contributed by atoms with Gasteiger partial charge in [0.15, 0.2) is 5.11 Å². The van der Waals surface area contributed by atoms with E-state index in [-0.39, 0.29) is 22.5 Å². The zero-order valence-corrected chi connectivity index (χ0v) is 16.8. The molecule has 30 heavy (non-hydrogen) atoms. The average molecular weight is 434 g/mol. The van der Waals surface area contributed by atoms with E-state index in [9.17, 15) is 22.8 Å². The van der Waals surface area contributed by atoms with Gasteiger partial charge in [-0.3, -0.25) is 19.8 Å². The average Bonchev–Trinajstić information content (AvgIpc) is 2.65. The SMILES string of the molecule is CC(C)Oc1ccccc1/C=C1\C(=O)NC(=S)N(c2cccc(C(F)(F)F)c2)C1=O. The van der Waals surface area contributed by atoms with Gasteiger partial charge in [-0.1, -0.05) is 24.3 Å². The number of ether oxygens (including phenoxy) is 1. The van der Waals surface area contributed by atoms with Crippen LogP contribution in [-0.2, 0) is 15.8 Å². The first-order chi connectivity index (χ1) is 14.1. The maximum Gasteiger partial charge on any atom is 0.416 e. The Bertz CT molecular complexity index is 1050. The summed E-state index contributed by atoms with van der Waals surface area (Å²) in [6.45, 7) is 3.66. The highest BCUT2D eigenvalue weighted by molar-refractivity contribution is 7.80.